The van der Waals surface area contributed by atoms with Crippen LogP contribution in [0.15, 0.2) is 24.3 Å². The largest absolute Gasteiger partial charge is 0.481 e. The van der Waals surface area contributed by atoms with Gasteiger partial charge in [0.05, 0.1) is 15.4 Å². The van der Waals surface area contributed by atoms with E-state index in [0.717, 1.165) is 0 Å². The molecular weight excluding hydrogens is 192 g/mol. The van der Waals surface area contributed by atoms with Crippen LogP contribution in [0, 0.1) is 11.8 Å². The molecule has 1 aromatic carbocycles. The fraction of sp³-hybridized carbons (Fsp3) is 0.250. The molecule has 0 aliphatic carbocycles. The van der Waals surface area contributed by atoms with Crippen molar-refractivity contribution in [2.75, 3.05) is 13.7 Å². The maximum absolute atomic E-state index is 11.2. The van der Waals surface area contributed by atoms with Crippen molar-refractivity contribution in [3.63, 3.8) is 0 Å². The number of esters is 1. The molecule has 0 heterocycles. The summed E-state index contributed by atoms with van der Waals surface area (Å²) in [6, 6.07) is 5.97. The molecule has 0 atom stereocenters. The molecule has 15 heavy (non-hydrogen) atoms. The summed E-state index contributed by atoms with van der Waals surface area (Å²) in [7, 11) is 1.29. The van der Waals surface area contributed by atoms with E-state index in [4.69, 9.17) is 7.48 Å². The van der Waals surface area contributed by atoms with E-state index in [9.17, 15) is 4.79 Å². The lowest BCUT2D eigenvalue weighted by molar-refractivity contribution is 0.0600. The van der Waals surface area contributed by atoms with E-state index >= 15 is 0 Å². The molecule has 0 N–H and O–H groups in total. The second kappa shape index (κ2) is 5.71. The van der Waals surface area contributed by atoms with Crippen LogP contribution in [0.25, 0.3) is 0 Å². The van der Waals surface area contributed by atoms with Gasteiger partial charge in [0.2, 0.25) is 0 Å². The molecule has 78 valence electrons. The Morgan fingerprint density at radius 1 is 1.47 bits per heavy atom. The van der Waals surface area contributed by atoms with Gasteiger partial charge in [-0.25, -0.2) is 4.79 Å². The van der Waals surface area contributed by atoms with Gasteiger partial charge < -0.3 is 9.47 Å². The van der Waals surface area contributed by atoms with Gasteiger partial charge in [0, 0.05) is 0 Å². The summed E-state index contributed by atoms with van der Waals surface area (Å²) in [6.45, 7) is -0.511. The average molecular weight is 206 g/mol. The lowest BCUT2D eigenvalue weighted by Crippen LogP contribution is -2.01. The first-order valence-electron chi connectivity index (χ1n) is 5.30. The quantitative estimate of drug-likeness (QED) is 0.559. The number of carbonyl (C=O) groups excluding carboxylic acids is 1. The molecule has 0 spiro atoms. The van der Waals surface area contributed by atoms with Crippen molar-refractivity contribution in [3.05, 3.63) is 29.8 Å². The fourth-order valence-corrected chi connectivity index (χ4v) is 0.912. The van der Waals surface area contributed by atoms with Gasteiger partial charge in [-0.1, -0.05) is 5.92 Å². The van der Waals surface area contributed by atoms with Crippen molar-refractivity contribution in [2.24, 2.45) is 0 Å². The molecule has 0 aliphatic heterocycles. The highest BCUT2D eigenvalue weighted by molar-refractivity contribution is 5.89. The van der Waals surface area contributed by atoms with Gasteiger partial charge in [-0.15, -0.1) is 5.92 Å². The van der Waals surface area contributed by atoms with Gasteiger partial charge in [-0.05, 0) is 31.2 Å². The van der Waals surface area contributed by atoms with Crippen LogP contribution in [0.5, 0.6) is 5.75 Å². The minimum Gasteiger partial charge on any atom is -0.481 e. The minimum atomic E-state index is -2.04. The highest BCUT2D eigenvalue weighted by atomic mass is 16.5. The smallest absolute Gasteiger partial charge is 0.337 e. The van der Waals surface area contributed by atoms with E-state index in [1.54, 1.807) is 0 Å². The number of rotatable bonds is 3. The maximum Gasteiger partial charge on any atom is 0.337 e. The number of methoxy groups -OCH3 is 1. The topological polar surface area (TPSA) is 35.5 Å². The maximum atomic E-state index is 11.2. The zero-order valence-corrected chi connectivity index (χ0v) is 8.53. The average Bonchev–Trinajstić information content (AvgIpc) is 2.28. The van der Waals surface area contributed by atoms with Gasteiger partial charge in [0.25, 0.3) is 0 Å². The third-order valence-electron chi connectivity index (χ3n) is 1.62. The van der Waals surface area contributed by atoms with Gasteiger partial charge in [0.1, 0.15) is 12.3 Å². The van der Waals surface area contributed by atoms with Crippen LogP contribution in [-0.4, -0.2) is 19.6 Å². The van der Waals surface area contributed by atoms with Gasteiger partial charge in [-0.2, -0.15) is 0 Å². The molecule has 0 saturated heterocycles. The normalized spacial score (nSPS) is 11.6. The second-order valence-electron chi connectivity index (χ2n) is 2.60. The van der Waals surface area contributed by atoms with E-state index in [-0.39, 0.29) is 0 Å². The van der Waals surface area contributed by atoms with Crippen molar-refractivity contribution in [2.45, 2.75) is 6.92 Å². The number of benzene rings is 1. The summed E-state index contributed by atoms with van der Waals surface area (Å²) >= 11 is 0. The molecule has 0 fully saturated rings. The van der Waals surface area contributed by atoms with Crippen LogP contribution < -0.4 is 4.74 Å². The highest BCUT2D eigenvalue weighted by Gasteiger charge is 2.03. The Hall–Kier alpha value is -1.95. The Balaban J connectivity index is 2.81. The summed E-state index contributed by atoms with van der Waals surface area (Å²) in [4.78, 5) is 11.2. The van der Waals surface area contributed by atoms with E-state index in [2.05, 4.69) is 16.6 Å². The van der Waals surface area contributed by atoms with Crippen LogP contribution in [-0.2, 0) is 4.74 Å². The van der Waals surface area contributed by atoms with Crippen molar-refractivity contribution >= 4 is 5.97 Å². The Bertz CT molecular complexity index is 455. The zero-order chi connectivity index (χ0) is 12.9. The molecule has 3 heteroatoms. The van der Waals surface area contributed by atoms with E-state index < -0.39 is 12.5 Å². The predicted molar refractivity (Wildman–Crippen MR) is 56.7 cm³/mol. The lowest BCUT2D eigenvalue weighted by atomic mass is 10.2. The van der Waals surface area contributed by atoms with Crippen LogP contribution in [0.1, 0.15) is 20.0 Å². The fourth-order valence-electron chi connectivity index (χ4n) is 0.912. The van der Waals surface area contributed by atoms with Crippen molar-refractivity contribution in [1.29, 1.82) is 0 Å². The number of hydrogen-bond acceptors (Lipinski definition) is 3. The Morgan fingerprint density at radius 2 is 2.13 bits per heavy atom. The summed E-state index contributed by atoms with van der Waals surface area (Å²) in [6.07, 6.45) is 0. The predicted octanol–water partition coefficient (Wildman–Crippen LogP) is 1.88. The van der Waals surface area contributed by atoms with Gasteiger partial charge in [0.15, 0.2) is 0 Å². The third-order valence-corrected chi connectivity index (χ3v) is 1.62. The van der Waals surface area contributed by atoms with Gasteiger partial charge >= 0.3 is 5.97 Å². The summed E-state index contributed by atoms with van der Waals surface area (Å²) in [5.41, 5.74) is 0.377. The zero-order valence-electron chi connectivity index (χ0n) is 10.5. The second-order valence-corrected chi connectivity index (χ2v) is 2.60. The first kappa shape index (κ1) is 8.37. The van der Waals surface area contributed by atoms with E-state index in [0.29, 0.717) is 11.3 Å². The molecule has 1 aromatic rings. The molecule has 0 aromatic heterocycles. The molecule has 0 radical (unpaired) electrons. The molecule has 0 aliphatic rings. The van der Waals surface area contributed by atoms with Crippen molar-refractivity contribution < 1.29 is 17.0 Å². The van der Waals surface area contributed by atoms with Crippen LogP contribution >= 0.6 is 0 Å². The molecule has 0 unspecified atom stereocenters. The molecule has 1 rings (SSSR count). The molecule has 3 nitrogen and oxygen atoms in total. The lowest BCUT2D eigenvalue weighted by Gasteiger charge is -2.02. The monoisotopic (exact) mass is 206 g/mol. The summed E-state index contributed by atoms with van der Waals surface area (Å²) < 4.78 is 24.4. The van der Waals surface area contributed by atoms with Crippen LogP contribution in [0.3, 0.4) is 0 Å². The molecule has 0 amide bonds. The number of hydrogen-bond donors (Lipinski definition) is 0. The minimum absolute atomic E-state index is 0.297. The van der Waals surface area contributed by atoms with Gasteiger partial charge in [-0.3, -0.25) is 0 Å². The van der Waals surface area contributed by atoms with Crippen LogP contribution in [0.2, 0.25) is 0 Å². The van der Waals surface area contributed by atoms with Crippen LogP contribution in [0.4, 0.5) is 0 Å². The highest BCUT2D eigenvalue weighted by Crippen LogP contribution is 2.12. The Morgan fingerprint density at radius 3 is 2.67 bits per heavy atom. The van der Waals surface area contributed by atoms with E-state index in [1.165, 1.54) is 38.3 Å². The standard InChI is InChI=1S/C12H12O3/c1-3-4-9-15-11-7-5-10(6-8-11)12(13)14-2/h5-8H,9H2,1-2H3/i9D2. The number of carbonyl (C=O) groups is 1. The van der Waals surface area contributed by atoms with Crippen molar-refractivity contribution in [1.82, 2.24) is 0 Å². The van der Waals surface area contributed by atoms with E-state index in [1.807, 2.05) is 0 Å². The SMILES string of the molecule is [2H]C([2H])(C#CC)Oc1ccc(C(=O)OC)cc1. The van der Waals surface area contributed by atoms with Crippen molar-refractivity contribution in [3.8, 4) is 17.6 Å². The molecule has 0 saturated carbocycles. The summed E-state index contributed by atoms with van der Waals surface area (Å²) in [5.74, 6) is 4.58. The first-order chi connectivity index (χ1) is 7.98. The molecule has 0 bridgehead atoms. The first-order valence-corrected chi connectivity index (χ1v) is 4.30. The summed E-state index contributed by atoms with van der Waals surface area (Å²) in [5, 5.41) is 0. The Kier molecular flexibility index (Phi) is 3.19. The molecular formula is C12H12O3. The third kappa shape index (κ3) is 3.35. The number of ether oxygens (including phenoxy) is 2. The Labute approximate surface area is 91.8 Å².